The van der Waals surface area contributed by atoms with Crippen LogP contribution in [0, 0.1) is 12.8 Å². The summed E-state index contributed by atoms with van der Waals surface area (Å²) in [5.74, 6) is 0.182. The number of hydrogen-bond donors (Lipinski definition) is 0. The molecule has 0 saturated heterocycles. The lowest BCUT2D eigenvalue weighted by molar-refractivity contribution is -0.147. The van der Waals surface area contributed by atoms with Crippen molar-refractivity contribution in [2.75, 3.05) is 7.11 Å². The van der Waals surface area contributed by atoms with E-state index in [1.165, 1.54) is 6.92 Å². The van der Waals surface area contributed by atoms with Gasteiger partial charge in [-0.05, 0) is 55.0 Å². The maximum absolute atomic E-state index is 13.6. The molecule has 6 heteroatoms. The van der Waals surface area contributed by atoms with Crippen molar-refractivity contribution in [3.63, 3.8) is 0 Å². The van der Waals surface area contributed by atoms with Crippen LogP contribution in [0.2, 0.25) is 0 Å². The fourth-order valence-corrected chi connectivity index (χ4v) is 5.51. The molecule has 0 radical (unpaired) electrons. The summed E-state index contributed by atoms with van der Waals surface area (Å²) < 4.78 is 38.2. The fraction of sp³-hybridized carbons (Fsp3) is 0.381. The highest BCUT2D eigenvalue weighted by Crippen LogP contribution is 2.46. The van der Waals surface area contributed by atoms with Crippen molar-refractivity contribution in [1.82, 2.24) is 0 Å². The molecule has 3 rings (SSSR count). The predicted octanol–water partition coefficient (Wildman–Crippen LogP) is 3.86. The van der Waals surface area contributed by atoms with Gasteiger partial charge in [-0.25, -0.2) is 8.42 Å². The molecular formula is C21H24O5S. The molecule has 0 N–H and O–H groups in total. The third-order valence-electron chi connectivity index (χ3n) is 4.95. The summed E-state index contributed by atoms with van der Waals surface area (Å²) in [5.41, 5.74) is 1.35. The van der Waals surface area contributed by atoms with E-state index in [1.807, 2.05) is 6.92 Å². The number of esters is 1. The van der Waals surface area contributed by atoms with E-state index in [9.17, 15) is 13.2 Å². The average molecular weight is 388 g/mol. The molecule has 0 bridgehead atoms. The van der Waals surface area contributed by atoms with Gasteiger partial charge >= 0.3 is 5.97 Å². The summed E-state index contributed by atoms with van der Waals surface area (Å²) >= 11 is 0. The lowest BCUT2D eigenvalue weighted by Gasteiger charge is -2.28. The first-order valence-corrected chi connectivity index (χ1v) is 10.5. The molecule has 1 saturated carbocycles. The standard InChI is InChI=1S/C21H24O5S/c1-14-18(10-7-11-19(14)25-3)21(20(16-12-13-16)26-15(2)22)27(23,24)17-8-5-4-6-9-17/h4-11,16,20-21H,12-13H2,1-3H3. The molecule has 0 spiro atoms. The molecule has 0 heterocycles. The summed E-state index contributed by atoms with van der Waals surface area (Å²) in [6.07, 6.45) is 0.974. The van der Waals surface area contributed by atoms with E-state index in [0.29, 0.717) is 11.3 Å². The maximum atomic E-state index is 13.6. The van der Waals surface area contributed by atoms with E-state index in [1.54, 1.807) is 55.6 Å². The minimum Gasteiger partial charge on any atom is -0.496 e. The van der Waals surface area contributed by atoms with Gasteiger partial charge < -0.3 is 9.47 Å². The van der Waals surface area contributed by atoms with E-state index >= 15 is 0 Å². The van der Waals surface area contributed by atoms with Crippen molar-refractivity contribution in [1.29, 1.82) is 0 Å². The Balaban J connectivity index is 2.19. The quantitative estimate of drug-likeness (QED) is 0.674. The highest BCUT2D eigenvalue weighted by Gasteiger charge is 2.47. The molecule has 5 nitrogen and oxygen atoms in total. The van der Waals surface area contributed by atoms with Gasteiger partial charge in [0.05, 0.1) is 12.0 Å². The fourth-order valence-electron chi connectivity index (χ4n) is 3.46. The van der Waals surface area contributed by atoms with Gasteiger partial charge in [0, 0.05) is 6.92 Å². The lowest BCUT2D eigenvalue weighted by Crippen LogP contribution is -2.33. The van der Waals surface area contributed by atoms with E-state index in [0.717, 1.165) is 18.4 Å². The van der Waals surface area contributed by atoms with Crippen LogP contribution in [0.25, 0.3) is 0 Å². The van der Waals surface area contributed by atoms with Crippen molar-refractivity contribution in [3.8, 4) is 5.75 Å². The van der Waals surface area contributed by atoms with Crippen LogP contribution in [0.5, 0.6) is 5.75 Å². The van der Waals surface area contributed by atoms with Gasteiger partial charge in [-0.3, -0.25) is 4.79 Å². The molecular weight excluding hydrogens is 364 g/mol. The van der Waals surface area contributed by atoms with Gasteiger partial charge in [0.25, 0.3) is 0 Å². The summed E-state index contributed by atoms with van der Waals surface area (Å²) in [5, 5.41) is -0.980. The molecule has 2 atom stereocenters. The SMILES string of the molecule is COc1cccc(C(C(OC(C)=O)C2CC2)S(=O)(=O)c2ccccc2)c1C. The van der Waals surface area contributed by atoms with Crippen molar-refractivity contribution >= 4 is 15.8 Å². The Kier molecular flexibility index (Phi) is 5.56. The third kappa shape index (κ3) is 4.00. The Morgan fingerprint density at radius 1 is 1.07 bits per heavy atom. The number of carbonyl (C=O) groups is 1. The number of sulfone groups is 1. The van der Waals surface area contributed by atoms with Crippen LogP contribution >= 0.6 is 0 Å². The highest BCUT2D eigenvalue weighted by atomic mass is 32.2. The topological polar surface area (TPSA) is 69.7 Å². The molecule has 1 fully saturated rings. The molecule has 0 aromatic heterocycles. The van der Waals surface area contributed by atoms with Crippen molar-refractivity contribution in [3.05, 3.63) is 59.7 Å². The molecule has 2 aromatic carbocycles. The Labute approximate surface area is 160 Å². The number of benzene rings is 2. The van der Waals surface area contributed by atoms with Crippen molar-refractivity contribution < 1.29 is 22.7 Å². The molecule has 1 aliphatic rings. The Hall–Kier alpha value is -2.34. The molecule has 2 aromatic rings. The number of hydrogen-bond acceptors (Lipinski definition) is 5. The molecule has 27 heavy (non-hydrogen) atoms. The van der Waals surface area contributed by atoms with Crippen molar-refractivity contribution in [2.45, 2.75) is 42.9 Å². The third-order valence-corrected chi connectivity index (χ3v) is 7.07. The minimum atomic E-state index is -3.78. The van der Waals surface area contributed by atoms with Gasteiger partial charge in [-0.1, -0.05) is 30.3 Å². The van der Waals surface area contributed by atoms with Crippen LogP contribution in [-0.2, 0) is 19.4 Å². The number of rotatable bonds is 7. The zero-order chi connectivity index (χ0) is 19.6. The molecule has 0 amide bonds. The Bertz CT molecular complexity index is 917. The minimum absolute atomic E-state index is 0.0444. The van der Waals surface area contributed by atoms with Gasteiger partial charge in [0.1, 0.15) is 17.1 Å². The normalized spacial score (nSPS) is 16.4. The first-order chi connectivity index (χ1) is 12.9. The zero-order valence-electron chi connectivity index (χ0n) is 15.7. The van der Waals surface area contributed by atoms with Gasteiger partial charge in [-0.2, -0.15) is 0 Å². The Morgan fingerprint density at radius 3 is 2.30 bits per heavy atom. The summed E-state index contributed by atoms with van der Waals surface area (Å²) in [6, 6.07) is 13.7. The van der Waals surface area contributed by atoms with Crippen LogP contribution in [0.3, 0.4) is 0 Å². The molecule has 0 aliphatic heterocycles. The molecule has 2 unspecified atom stereocenters. The zero-order valence-corrected chi connectivity index (χ0v) is 16.5. The van der Waals surface area contributed by atoms with Gasteiger partial charge in [-0.15, -0.1) is 0 Å². The molecule has 1 aliphatic carbocycles. The first-order valence-electron chi connectivity index (χ1n) is 8.96. The first kappa shape index (κ1) is 19.4. The average Bonchev–Trinajstić information content (AvgIpc) is 3.48. The number of methoxy groups -OCH3 is 1. The summed E-state index contributed by atoms with van der Waals surface area (Å²) in [4.78, 5) is 12.0. The van der Waals surface area contributed by atoms with E-state index in [4.69, 9.17) is 9.47 Å². The number of ether oxygens (including phenoxy) is 2. The largest absolute Gasteiger partial charge is 0.496 e. The van der Waals surface area contributed by atoms with Crippen molar-refractivity contribution in [2.24, 2.45) is 5.92 Å². The number of carbonyl (C=O) groups excluding carboxylic acids is 1. The second-order valence-corrected chi connectivity index (χ2v) is 8.93. The van der Waals surface area contributed by atoms with Crippen LogP contribution < -0.4 is 4.74 Å². The van der Waals surface area contributed by atoms with Gasteiger partial charge in [0.15, 0.2) is 9.84 Å². The Morgan fingerprint density at radius 2 is 1.74 bits per heavy atom. The van der Waals surface area contributed by atoms with Crippen LogP contribution in [0.15, 0.2) is 53.4 Å². The smallest absolute Gasteiger partial charge is 0.302 e. The second kappa shape index (κ2) is 7.72. The summed E-state index contributed by atoms with van der Waals surface area (Å²) in [6.45, 7) is 3.15. The van der Waals surface area contributed by atoms with E-state index in [2.05, 4.69) is 0 Å². The highest BCUT2D eigenvalue weighted by molar-refractivity contribution is 7.91. The second-order valence-electron chi connectivity index (χ2n) is 6.86. The van der Waals surface area contributed by atoms with Crippen LogP contribution in [-0.4, -0.2) is 27.6 Å². The maximum Gasteiger partial charge on any atom is 0.302 e. The van der Waals surface area contributed by atoms with Gasteiger partial charge in [0.2, 0.25) is 0 Å². The summed E-state index contributed by atoms with van der Waals surface area (Å²) in [7, 11) is -2.23. The monoisotopic (exact) mass is 388 g/mol. The van der Waals surface area contributed by atoms with Crippen LogP contribution in [0.4, 0.5) is 0 Å². The predicted molar refractivity (Wildman–Crippen MR) is 102 cm³/mol. The van der Waals surface area contributed by atoms with E-state index < -0.39 is 27.2 Å². The lowest BCUT2D eigenvalue weighted by atomic mass is 9.98. The molecule has 144 valence electrons. The van der Waals surface area contributed by atoms with Crippen LogP contribution in [0.1, 0.15) is 36.1 Å². The van der Waals surface area contributed by atoms with E-state index in [-0.39, 0.29) is 10.8 Å².